The van der Waals surface area contributed by atoms with Gasteiger partial charge in [-0.3, -0.25) is 10.2 Å². The Balaban J connectivity index is 2.12. The lowest BCUT2D eigenvalue weighted by Gasteiger charge is -1.96. The summed E-state index contributed by atoms with van der Waals surface area (Å²) in [5, 5.41) is 3.32. The van der Waals surface area contributed by atoms with Crippen molar-refractivity contribution in [1.82, 2.24) is 5.43 Å². The molecule has 3 rings (SSSR count). The van der Waals surface area contributed by atoms with Crippen molar-refractivity contribution in [3.05, 3.63) is 54.3 Å². The first kappa shape index (κ1) is 11.5. The van der Waals surface area contributed by atoms with Crippen LogP contribution in [0.1, 0.15) is 5.76 Å². The Morgan fingerprint density at radius 1 is 1.16 bits per heavy atom. The number of hydrogen-bond acceptors (Lipinski definition) is 3. The molecule has 2 aromatic carbocycles. The number of benzene rings is 2. The van der Waals surface area contributed by atoms with Crippen LogP contribution in [0.3, 0.4) is 0 Å². The fourth-order valence-electron chi connectivity index (χ4n) is 2.10. The lowest BCUT2D eigenvalue weighted by Crippen LogP contribution is -2.27. The van der Waals surface area contributed by atoms with Crippen LogP contribution in [0.15, 0.2) is 53.0 Å². The van der Waals surface area contributed by atoms with Crippen LogP contribution in [0.5, 0.6) is 0 Å². The van der Waals surface area contributed by atoms with E-state index in [2.05, 4.69) is 6.07 Å². The van der Waals surface area contributed by atoms with E-state index >= 15 is 0 Å². The molecule has 4 nitrogen and oxygen atoms in total. The Labute approximate surface area is 109 Å². The molecule has 1 amide bonds. The van der Waals surface area contributed by atoms with E-state index in [0.29, 0.717) is 5.76 Å². The van der Waals surface area contributed by atoms with Gasteiger partial charge < -0.3 is 4.42 Å². The molecule has 1 aromatic heterocycles. The van der Waals surface area contributed by atoms with E-state index in [1.165, 1.54) is 6.08 Å². The van der Waals surface area contributed by atoms with Gasteiger partial charge in [-0.25, -0.2) is 5.84 Å². The van der Waals surface area contributed by atoms with Gasteiger partial charge in [0.25, 0.3) is 5.91 Å². The SMILES string of the molecule is NNC(=O)C=Cc1cc2c(ccc3ccccc32)o1. The highest BCUT2D eigenvalue weighted by molar-refractivity contribution is 6.06. The van der Waals surface area contributed by atoms with E-state index in [4.69, 9.17) is 10.3 Å². The summed E-state index contributed by atoms with van der Waals surface area (Å²) in [4.78, 5) is 11.0. The van der Waals surface area contributed by atoms with Crippen molar-refractivity contribution in [3.8, 4) is 0 Å². The van der Waals surface area contributed by atoms with Gasteiger partial charge in [0.05, 0.1) is 0 Å². The predicted molar refractivity (Wildman–Crippen MR) is 75.1 cm³/mol. The van der Waals surface area contributed by atoms with Crippen molar-refractivity contribution >= 4 is 33.7 Å². The molecule has 3 aromatic rings. The average molecular weight is 252 g/mol. The summed E-state index contributed by atoms with van der Waals surface area (Å²) in [6.45, 7) is 0. The number of amides is 1. The quantitative estimate of drug-likeness (QED) is 0.319. The Kier molecular flexibility index (Phi) is 2.78. The largest absolute Gasteiger partial charge is 0.457 e. The zero-order chi connectivity index (χ0) is 13.2. The van der Waals surface area contributed by atoms with Crippen LogP contribution < -0.4 is 11.3 Å². The maximum Gasteiger partial charge on any atom is 0.258 e. The van der Waals surface area contributed by atoms with Crippen LogP contribution in [0.4, 0.5) is 0 Å². The minimum Gasteiger partial charge on any atom is -0.457 e. The maximum absolute atomic E-state index is 11.0. The molecule has 0 saturated heterocycles. The van der Waals surface area contributed by atoms with Crippen LogP contribution >= 0.6 is 0 Å². The predicted octanol–water partition coefficient (Wildman–Crippen LogP) is 2.59. The molecule has 0 bridgehead atoms. The molecule has 94 valence electrons. The van der Waals surface area contributed by atoms with Crippen LogP contribution in [-0.4, -0.2) is 5.91 Å². The molecule has 0 aliphatic carbocycles. The maximum atomic E-state index is 11.0. The number of hydrazine groups is 1. The van der Waals surface area contributed by atoms with Gasteiger partial charge in [0.1, 0.15) is 11.3 Å². The second kappa shape index (κ2) is 4.59. The average Bonchev–Trinajstić information content (AvgIpc) is 2.88. The van der Waals surface area contributed by atoms with Crippen LogP contribution in [0, 0.1) is 0 Å². The third-order valence-electron chi connectivity index (χ3n) is 2.99. The topological polar surface area (TPSA) is 68.3 Å². The number of rotatable bonds is 2. The minimum absolute atomic E-state index is 0.370. The third kappa shape index (κ3) is 2.09. The lowest BCUT2D eigenvalue weighted by molar-refractivity contribution is -0.116. The highest BCUT2D eigenvalue weighted by Gasteiger charge is 2.05. The molecule has 3 N–H and O–H groups in total. The number of nitrogens with two attached hydrogens (primary N) is 1. The van der Waals surface area contributed by atoms with Gasteiger partial charge in [-0.15, -0.1) is 0 Å². The number of carbonyl (C=O) groups excluding carboxylic acids is 1. The van der Waals surface area contributed by atoms with E-state index in [1.54, 1.807) is 6.08 Å². The first-order valence-electron chi connectivity index (χ1n) is 5.88. The molecular formula is C15H12N2O2. The summed E-state index contributed by atoms with van der Waals surface area (Å²) in [5.74, 6) is 5.25. The second-order valence-electron chi connectivity index (χ2n) is 4.19. The molecule has 0 aliphatic heterocycles. The first-order chi connectivity index (χ1) is 9.28. The van der Waals surface area contributed by atoms with E-state index < -0.39 is 0 Å². The van der Waals surface area contributed by atoms with Gasteiger partial charge in [0, 0.05) is 11.5 Å². The van der Waals surface area contributed by atoms with Crippen molar-refractivity contribution in [3.63, 3.8) is 0 Å². The monoisotopic (exact) mass is 252 g/mol. The van der Waals surface area contributed by atoms with Gasteiger partial charge >= 0.3 is 0 Å². The summed E-state index contributed by atoms with van der Waals surface area (Å²) >= 11 is 0. The molecular weight excluding hydrogens is 240 g/mol. The van der Waals surface area contributed by atoms with Gasteiger partial charge in [-0.2, -0.15) is 0 Å². The van der Waals surface area contributed by atoms with E-state index in [0.717, 1.165) is 21.7 Å². The molecule has 0 fully saturated rings. The molecule has 0 saturated carbocycles. The summed E-state index contributed by atoms with van der Waals surface area (Å²) in [6.07, 6.45) is 2.93. The van der Waals surface area contributed by atoms with Gasteiger partial charge in [-0.05, 0) is 29.0 Å². The fraction of sp³-hybridized carbons (Fsp3) is 0. The van der Waals surface area contributed by atoms with E-state index in [1.807, 2.05) is 41.8 Å². The number of hydrogen-bond donors (Lipinski definition) is 2. The molecule has 0 aliphatic rings. The zero-order valence-electron chi connectivity index (χ0n) is 10.1. The highest BCUT2D eigenvalue weighted by atomic mass is 16.3. The number of fused-ring (bicyclic) bond motifs is 3. The van der Waals surface area contributed by atoms with Crippen molar-refractivity contribution < 1.29 is 9.21 Å². The Bertz CT molecular complexity index is 787. The van der Waals surface area contributed by atoms with Crippen LogP contribution in [0.2, 0.25) is 0 Å². The molecule has 0 spiro atoms. The molecule has 4 heteroatoms. The number of furan rings is 1. The van der Waals surface area contributed by atoms with Crippen molar-refractivity contribution in [2.75, 3.05) is 0 Å². The van der Waals surface area contributed by atoms with Gasteiger partial charge in [0.15, 0.2) is 0 Å². The summed E-state index contributed by atoms with van der Waals surface area (Å²) < 4.78 is 5.66. The molecule has 0 atom stereocenters. The van der Waals surface area contributed by atoms with Crippen LogP contribution in [-0.2, 0) is 4.79 Å². The lowest BCUT2D eigenvalue weighted by atomic mass is 10.1. The normalized spacial score (nSPS) is 11.4. The highest BCUT2D eigenvalue weighted by Crippen LogP contribution is 2.28. The number of carbonyl (C=O) groups is 1. The number of nitrogens with one attached hydrogen (secondary N) is 1. The summed E-state index contributed by atoms with van der Waals surface area (Å²) in [5.41, 5.74) is 2.83. The van der Waals surface area contributed by atoms with E-state index in [9.17, 15) is 4.79 Å². The fourth-order valence-corrected chi connectivity index (χ4v) is 2.10. The summed E-state index contributed by atoms with van der Waals surface area (Å²) in [6, 6.07) is 14.0. The molecule has 0 unspecified atom stereocenters. The van der Waals surface area contributed by atoms with Crippen molar-refractivity contribution in [1.29, 1.82) is 0 Å². The Morgan fingerprint density at radius 2 is 2.00 bits per heavy atom. The van der Waals surface area contributed by atoms with Gasteiger partial charge in [0.2, 0.25) is 0 Å². The Morgan fingerprint density at radius 3 is 2.84 bits per heavy atom. The van der Waals surface area contributed by atoms with Crippen molar-refractivity contribution in [2.24, 2.45) is 5.84 Å². The van der Waals surface area contributed by atoms with Crippen molar-refractivity contribution in [2.45, 2.75) is 0 Å². The van der Waals surface area contributed by atoms with Crippen LogP contribution in [0.25, 0.3) is 27.8 Å². The second-order valence-corrected chi connectivity index (χ2v) is 4.19. The smallest absolute Gasteiger partial charge is 0.258 e. The Hall–Kier alpha value is -2.59. The van der Waals surface area contributed by atoms with Gasteiger partial charge in [-0.1, -0.05) is 30.3 Å². The zero-order valence-corrected chi connectivity index (χ0v) is 10.1. The first-order valence-corrected chi connectivity index (χ1v) is 5.88. The third-order valence-corrected chi connectivity index (χ3v) is 2.99. The molecule has 19 heavy (non-hydrogen) atoms. The molecule has 0 radical (unpaired) electrons. The summed E-state index contributed by atoms with van der Waals surface area (Å²) in [7, 11) is 0. The minimum atomic E-state index is -0.370. The molecule has 1 heterocycles. The standard InChI is InChI=1S/C15H12N2O2/c16-17-15(18)8-6-11-9-13-12-4-2-1-3-10(12)5-7-14(13)19-11/h1-9H,16H2,(H,17,18). The van der Waals surface area contributed by atoms with E-state index in [-0.39, 0.29) is 5.91 Å².